The molecule has 0 aromatic heterocycles. The van der Waals surface area contributed by atoms with Gasteiger partial charge in [0.2, 0.25) is 0 Å². The van der Waals surface area contributed by atoms with Crippen LogP contribution in [0.15, 0.2) is 0 Å². The first kappa shape index (κ1) is 31.9. The molecule has 2 N–H and O–H groups in total. The Morgan fingerprint density at radius 1 is 0.438 bits per heavy atom. The lowest BCUT2D eigenvalue weighted by Gasteiger charge is -2.10. The minimum atomic E-state index is -0.134. The summed E-state index contributed by atoms with van der Waals surface area (Å²) in [5.41, 5.74) is 0. The van der Waals surface area contributed by atoms with Crippen LogP contribution >= 0.6 is 0 Å². The number of rotatable bonds is 28. The van der Waals surface area contributed by atoms with Gasteiger partial charge >= 0.3 is 0 Å². The van der Waals surface area contributed by atoms with Gasteiger partial charge in [-0.2, -0.15) is 0 Å². The van der Waals surface area contributed by atoms with Crippen molar-refractivity contribution >= 4 is 0 Å². The molecule has 0 amide bonds. The maximum atomic E-state index is 9.98. The highest BCUT2D eigenvalue weighted by molar-refractivity contribution is 4.57. The standard InChI is InChI=1S/C29H60O3/c1-2-3-4-5-6-7-8-9-10-11-12-13-14-15-16-17-18-19-20-21-23-26-29(30)27-24-22-25-28-32-31/h29-31H,2-28H2,1H3. The number of hydrogen-bond acceptors (Lipinski definition) is 3. The summed E-state index contributed by atoms with van der Waals surface area (Å²) in [7, 11) is 0. The van der Waals surface area contributed by atoms with Gasteiger partial charge in [0.15, 0.2) is 0 Å². The molecular weight excluding hydrogens is 396 g/mol. The Balaban J connectivity index is 3.07. The first-order valence-electron chi connectivity index (χ1n) is 14.8. The summed E-state index contributed by atoms with van der Waals surface area (Å²) in [6.45, 7) is 2.71. The highest BCUT2D eigenvalue weighted by atomic mass is 17.1. The van der Waals surface area contributed by atoms with Crippen LogP contribution in [0.1, 0.15) is 174 Å². The monoisotopic (exact) mass is 456 g/mol. The van der Waals surface area contributed by atoms with Gasteiger partial charge in [0.05, 0.1) is 12.7 Å². The predicted octanol–water partition coefficient (Wildman–Crippen LogP) is 10.00. The molecule has 0 spiro atoms. The van der Waals surface area contributed by atoms with Crippen LogP contribution in [0.5, 0.6) is 0 Å². The maximum absolute atomic E-state index is 9.98. The predicted molar refractivity (Wildman–Crippen MR) is 140 cm³/mol. The molecule has 0 saturated heterocycles. The second-order valence-electron chi connectivity index (χ2n) is 10.2. The zero-order chi connectivity index (χ0) is 23.4. The van der Waals surface area contributed by atoms with Crippen molar-refractivity contribution in [3.63, 3.8) is 0 Å². The van der Waals surface area contributed by atoms with E-state index in [1.165, 1.54) is 135 Å². The number of aliphatic hydroxyl groups excluding tert-OH is 1. The molecule has 0 aliphatic heterocycles. The molecule has 0 aromatic carbocycles. The molecule has 194 valence electrons. The summed E-state index contributed by atoms with van der Waals surface area (Å²) in [6.07, 6.45) is 34.3. The van der Waals surface area contributed by atoms with Gasteiger partial charge in [-0.1, -0.05) is 155 Å². The molecule has 1 atom stereocenters. The molecule has 3 heteroatoms. The smallest absolute Gasteiger partial charge is 0.0819 e. The summed E-state index contributed by atoms with van der Waals surface area (Å²) in [5, 5.41) is 18.2. The van der Waals surface area contributed by atoms with Crippen molar-refractivity contribution in [3.8, 4) is 0 Å². The molecule has 0 saturated carbocycles. The van der Waals surface area contributed by atoms with E-state index in [0.717, 1.165) is 32.1 Å². The Kier molecular flexibility index (Phi) is 28.8. The van der Waals surface area contributed by atoms with E-state index in [1.807, 2.05) is 0 Å². The van der Waals surface area contributed by atoms with Crippen LogP contribution in [0, 0.1) is 0 Å². The van der Waals surface area contributed by atoms with Crippen LogP contribution in [0.25, 0.3) is 0 Å². The van der Waals surface area contributed by atoms with Crippen molar-refractivity contribution in [2.24, 2.45) is 0 Å². The van der Waals surface area contributed by atoms with Crippen LogP contribution in [0.2, 0.25) is 0 Å². The van der Waals surface area contributed by atoms with Gasteiger partial charge in [-0.3, -0.25) is 5.26 Å². The Hall–Kier alpha value is -0.120. The largest absolute Gasteiger partial charge is 0.393 e. The Labute approximate surface area is 202 Å². The second-order valence-corrected chi connectivity index (χ2v) is 10.2. The van der Waals surface area contributed by atoms with E-state index in [9.17, 15) is 5.11 Å². The van der Waals surface area contributed by atoms with Gasteiger partial charge in [0, 0.05) is 0 Å². The third-order valence-corrected chi connectivity index (χ3v) is 6.91. The minimum Gasteiger partial charge on any atom is -0.393 e. The number of hydrogen-bond donors (Lipinski definition) is 2. The van der Waals surface area contributed by atoms with E-state index in [4.69, 9.17) is 5.26 Å². The van der Waals surface area contributed by atoms with Crippen LogP contribution in [-0.4, -0.2) is 23.1 Å². The number of aliphatic hydroxyl groups is 1. The zero-order valence-electron chi connectivity index (χ0n) is 22.0. The van der Waals surface area contributed by atoms with Crippen molar-refractivity contribution in [2.45, 2.75) is 180 Å². The molecule has 0 aliphatic carbocycles. The van der Waals surface area contributed by atoms with E-state index in [-0.39, 0.29) is 6.10 Å². The van der Waals surface area contributed by atoms with E-state index < -0.39 is 0 Å². The fourth-order valence-corrected chi connectivity index (χ4v) is 4.68. The molecule has 0 heterocycles. The van der Waals surface area contributed by atoms with Gasteiger partial charge in [-0.15, -0.1) is 0 Å². The second kappa shape index (κ2) is 28.9. The Morgan fingerprint density at radius 2 is 0.719 bits per heavy atom. The van der Waals surface area contributed by atoms with Crippen LogP contribution in [-0.2, 0) is 4.89 Å². The lowest BCUT2D eigenvalue weighted by Crippen LogP contribution is -2.06. The molecule has 32 heavy (non-hydrogen) atoms. The van der Waals surface area contributed by atoms with Crippen molar-refractivity contribution in [3.05, 3.63) is 0 Å². The maximum Gasteiger partial charge on any atom is 0.0819 e. The molecular formula is C29H60O3. The van der Waals surface area contributed by atoms with Crippen LogP contribution < -0.4 is 0 Å². The molecule has 0 aliphatic rings. The first-order chi connectivity index (χ1) is 15.8. The fourth-order valence-electron chi connectivity index (χ4n) is 4.68. The lowest BCUT2D eigenvalue weighted by atomic mass is 10.0. The SMILES string of the molecule is CCCCCCCCCCCCCCCCCCCCCCCC(O)CCCCCOO. The van der Waals surface area contributed by atoms with E-state index in [1.54, 1.807) is 0 Å². The average molecular weight is 457 g/mol. The molecule has 3 nitrogen and oxygen atoms in total. The summed E-state index contributed by atoms with van der Waals surface area (Å²) >= 11 is 0. The van der Waals surface area contributed by atoms with Crippen molar-refractivity contribution < 1.29 is 15.3 Å². The topological polar surface area (TPSA) is 49.7 Å². The van der Waals surface area contributed by atoms with Gasteiger partial charge < -0.3 is 5.11 Å². The molecule has 0 rings (SSSR count). The summed E-state index contributed by atoms with van der Waals surface area (Å²) in [6, 6.07) is 0. The highest BCUT2D eigenvalue weighted by Crippen LogP contribution is 2.16. The Morgan fingerprint density at radius 3 is 1.03 bits per heavy atom. The third-order valence-electron chi connectivity index (χ3n) is 6.91. The van der Waals surface area contributed by atoms with E-state index in [2.05, 4.69) is 11.8 Å². The third kappa shape index (κ3) is 27.9. The van der Waals surface area contributed by atoms with Crippen LogP contribution in [0.3, 0.4) is 0 Å². The molecule has 0 fully saturated rings. The van der Waals surface area contributed by atoms with Crippen molar-refractivity contribution in [2.75, 3.05) is 6.61 Å². The van der Waals surface area contributed by atoms with Crippen molar-refractivity contribution in [1.29, 1.82) is 0 Å². The van der Waals surface area contributed by atoms with Crippen LogP contribution in [0.4, 0.5) is 0 Å². The Bertz CT molecular complexity index is 322. The molecule has 0 radical (unpaired) electrons. The fraction of sp³-hybridized carbons (Fsp3) is 1.00. The van der Waals surface area contributed by atoms with Gasteiger partial charge in [-0.25, -0.2) is 4.89 Å². The van der Waals surface area contributed by atoms with Crippen molar-refractivity contribution in [1.82, 2.24) is 0 Å². The minimum absolute atomic E-state index is 0.134. The molecule has 1 unspecified atom stereocenters. The van der Waals surface area contributed by atoms with E-state index >= 15 is 0 Å². The zero-order valence-corrected chi connectivity index (χ0v) is 22.0. The van der Waals surface area contributed by atoms with Gasteiger partial charge in [0.25, 0.3) is 0 Å². The molecule has 0 aromatic rings. The van der Waals surface area contributed by atoms with Gasteiger partial charge in [0.1, 0.15) is 0 Å². The summed E-state index contributed by atoms with van der Waals surface area (Å²) < 4.78 is 0. The normalized spacial score (nSPS) is 12.5. The first-order valence-corrected chi connectivity index (χ1v) is 14.8. The van der Waals surface area contributed by atoms with E-state index in [0.29, 0.717) is 6.61 Å². The molecule has 0 bridgehead atoms. The quantitative estimate of drug-likeness (QED) is 0.0699. The highest BCUT2D eigenvalue weighted by Gasteiger charge is 2.03. The lowest BCUT2D eigenvalue weighted by molar-refractivity contribution is -0.242. The summed E-state index contributed by atoms with van der Waals surface area (Å²) in [5.74, 6) is 0. The summed E-state index contributed by atoms with van der Waals surface area (Å²) in [4.78, 5) is 4.06. The van der Waals surface area contributed by atoms with Gasteiger partial charge in [-0.05, 0) is 19.3 Å². The average Bonchev–Trinajstić information content (AvgIpc) is 2.80. The number of unbranched alkanes of at least 4 members (excludes halogenated alkanes) is 22.